The van der Waals surface area contributed by atoms with Gasteiger partial charge < -0.3 is 9.97 Å². The molecule has 8 bridgehead atoms. The Hall–Kier alpha value is -6.95. The van der Waals surface area contributed by atoms with Gasteiger partial charge in [0.1, 0.15) is 0 Å². The van der Waals surface area contributed by atoms with Crippen molar-refractivity contribution in [2.75, 3.05) is 0 Å². The van der Waals surface area contributed by atoms with Crippen molar-refractivity contribution >= 4 is 58.1 Å². The van der Waals surface area contributed by atoms with Crippen LogP contribution in [-0.4, -0.2) is 19.9 Å². The summed E-state index contributed by atoms with van der Waals surface area (Å²) in [5.41, 5.74) is 17.2. The fourth-order valence-electron chi connectivity index (χ4n) is 7.76. The van der Waals surface area contributed by atoms with Crippen molar-refractivity contribution in [3.05, 3.63) is 192 Å². The standard InChI is InChI=1S/C51H36N4S/c1-33-16-14-15-25-45(33)56-46-32-44-49(36-21-10-4-11-22-36)42-29-28-40(53-42)47(34-17-6-2-7-18-34)38-26-27-39(52-38)48(35-19-8-3-9-20-35)41-30-31-43(54-41)50(51(46)55-44)37-23-12-5-13-24-37/h2-32,52,55H,1H3. The third-order valence-corrected chi connectivity index (χ3v) is 11.6. The SMILES string of the molecule is Cc1ccccc1Sc1cc2[nH]c1c(-c1ccccc1)c1nc(c(-c3ccccc3)c3ccc([nH]3)c(-c3ccccc3)c3nc(c2-c2ccccc2)C=C3)C=C1. The van der Waals surface area contributed by atoms with E-state index in [1.807, 2.05) is 0 Å². The number of benzene rings is 5. The van der Waals surface area contributed by atoms with Crippen molar-refractivity contribution in [1.29, 1.82) is 0 Å². The summed E-state index contributed by atoms with van der Waals surface area (Å²) in [4.78, 5) is 21.1. The molecule has 8 aromatic rings. The molecule has 0 saturated carbocycles. The maximum absolute atomic E-state index is 5.50. The molecule has 2 N–H and O–H groups in total. The second-order valence-electron chi connectivity index (χ2n) is 14.0. The molecule has 0 fully saturated rings. The molecule has 0 aliphatic carbocycles. The molecule has 5 heterocycles. The normalized spacial score (nSPS) is 11.9. The summed E-state index contributed by atoms with van der Waals surface area (Å²) in [7, 11) is 0. The summed E-state index contributed by atoms with van der Waals surface area (Å²) < 4.78 is 0. The lowest BCUT2D eigenvalue weighted by Gasteiger charge is -2.08. The Morgan fingerprint density at radius 2 is 0.768 bits per heavy atom. The first kappa shape index (κ1) is 33.6. The molecule has 0 spiro atoms. The van der Waals surface area contributed by atoms with Crippen LogP contribution in [0.25, 0.3) is 90.9 Å². The molecular formula is C51H36N4S. The van der Waals surface area contributed by atoms with Crippen LogP contribution in [0.3, 0.4) is 0 Å². The van der Waals surface area contributed by atoms with Crippen molar-refractivity contribution in [2.24, 2.45) is 0 Å². The van der Waals surface area contributed by atoms with E-state index in [2.05, 4.69) is 205 Å². The lowest BCUT2D eigenvalue weighted by atomic mass is 10.0. The highest BCUT2D eigenvalue weighted by molar-refractivity contribution is 7.99. The van der Waals surface area contributed by atoms with Gasteiger partial charge in [-0.1, -0.05) is 151 Å². The zero-order valence-electron chi connectivity index (χ0n) is 30.7. The monoisotopic (exact) mass is 736 g/mol. The van der Waals surface area contributed by atoms with Crippen LogP contribution in [0.15, 0.2) is 174 Å². The summed E-state index contributed by atoms with van der Waals surface area (Å²) in [5.74, 6) is 0. The molecule has 2 aliphatic heterocycles. The van der Waals surface area contributed by atoms with Crippen molar-refractivity contribution in [3.8, 4) is 44.5 Å². The molecule has 3 aromatic heterocycles. The van der Waals surface area contributed by atoms with Gasteiger partial charge in [-0.2, -0.15) is 0 Å². The minimum Gasteiger partial charge on any atom is -0.354 e. The van der Waals surface area contributed by atoms with Gasteiger partial charge in [0, 0.05) is 48.6 Å². The summed E-state index contributed by atoms with van der Waals surface area (Å²) in [5, 5.41) is 0. The van der Waals surface area contributed by atoms with Crippen molar-refractivity contribution in [3.63, 3.8) is 0 Å². The number of rotatable bonds is 6. The van der Waals surface area contributed by atoms with Gasteiger partial charge in [-0.25, -0.2) is 9.97 Å². The minimum absolute atomic E-state index is 0.894. The van der Waals surface area contributed by atoms with Gasteiger partial charge in [0.15, 0.2) is 0 Å². The van der Waals surface area contributed by atoms with Gasteiger partial charge >= 0.3 is 0 Å². The van der Waals surface area contributed by atoms with E-state index < -0.39 is 0 Å². The quantitative estimate of drug-likeness (QED) is 0.179. The maximum Gasteiger partial charge on any atom is 0.0737 e. The molecule has 0 unspecified atom stereocenters. The third-order valence-electron chi connectivity index (χ3n) is 10.4. The smallest absolute Gasteiger partial charge is 0.0737 e. The highest BCUT2D eigenvalue weighted by Gasteiger charge is 2.21. The average Bonchev–Trinajstić information content (AvgIpc) is 4.08. The number of hydrogen-bond acceptors (Lipinski definition) is 3. The number of nitrogens with zero attached hydrogens (tertiary/aromatic N) is 2. The summed E-state index contributed by atoms with van der Waals surface area (Å²) in [6, 6.07) is 57.5. The van der Waals surface area contributed by atoms with Crippen molar-refractivity contribution in [2.45, 2.75) is 16.7 Å². The highest BCUT2D eigenvalue weighted by atomic mass is 32.2. The van der Waals surface area contributed by atoms with Crippen molar-refractivity contribution < 1.29 is 0 Å². The number of H-pyrrole nitrogens is 2. The number of aryl methyl sites for hydroxylation is 1. The van der Waals surface area contributed by atoms with Gasteiger partial charge in [0.05, 0.1) is 28.3 Å². The molecule has 0 atom stereocenters. The third kappa shape index (κ3) is 6.18. The molecule has 10 rings (SSSR count). The number of aromatic amines is 2. The topological polar surface area (TPSA) is 57.4 Å². The maximum atomic E-state index is 5.50. The number of aromatic nitrogens is 4. The first-order valence-electron chi connectivity index (χ1n) is 18.8. The van der Waals surface area contributed by atoms with Gasteiger partial charge in [-0.15, -0.1) is 0 Å². The van der Waals surface area contributed by atoms with Crippen LogP contribution < -0.4 is 0 Å². The van der Waals surface area contributed by atoms with E-state index in [9.17, 15) is 0 Å². The average molecular weight is 737 g/mol. The van der Waals surface area contributed by atoms with Gasteiger partial charge in [0.2, 0.25) is 0 Å². The van der Waals surface area contributed by atoms with Crippen LogP contribution >= 0.6 is 11.8 Å². The molecule has 4 nitrogen and oxygen atoms in total. The molecule has 5 heteroatoms. The Balaban J connectivity index is 1.42. The first-order chi connectivity index (χ1) is 27.7. The summed E-state index contributed by atoms with van der Waals surface area (Å²) in [6.45, 7) is 2.18. The molecule has 56 heavy (non-hydrogen) atoms. The van der Waals surface area contributed by atoms with Gasteiger partial charge in [-0.3, -0.25) is 0 Å². The molecule has 0 amide bonds. The van der Waals surface area contributed by atoms with E-state index in [4.69, 9.17) is 9.97 Å². The van der Waals surface area contributed by atoms with E-state index in [0.717, 1.165) is 94.2 Å². The summed E-state index contributed by atoms with van der Waals surface area (Å²) >= 11 is 1.78. The van der Waals surface area contributed by atoms with E-state index in [1.165, 1.54) is 10.5 Å². The zero-order chi connectivity index (χ0) is 37.4. The van der Waals surface area contributed by atoms with Crippen LogP contribution in [0.1, 0.15) is 28.3 Å². The first-order valence-corrected chi connectivity index (χ1v) is 19.6. The molecule has 0 saturated heterocycles. The van der Waals surface area contributed by atoms with Crippen molar-refractivity contribution in [1.82, 2.24) is 19.9 Å². The number of hydrogen-bond donors (Lipinski definition) is 2. The lowest BCUT2D eigenvalue weighted by molar-refractivity contribution is 1.30. The highest BCUT2D eigenvalue weighted by Crippen LogP contribution is 2.43. The van der Waals surface area contributed by atoms with Crippen LogP contribution in [0.4, 0.5) is 0 Å². The molecule has 5 aromatic carbocycles. The van der Waals surface area contributed by atoms with Crippen LogP contribution in [0.5, 0.6) is 0 Å². The number of nitrogens with one attached hydrogen (secondary N) is 2. The largest absolute Gasteiger partial charge is 0.354 e. The predicted molar refractivity (Wildman–Crippen MR) is 236 cm³/mol. The van der Waals surface area contributed by atoms with Crippen LogP contribution in [0, 0.1) is 6.92 Å². The fourth-order valence-corrected chi connectivity index (χ4v) is 8.80. The van der Waals surface area contributed by atoms with E-state index >= 15 is 0 Å². The molecule has 0 radical (unpaired) electrons. The second kappa shape index (κ2) is 14.4. The Bertz CT molecular complexity index is 2980. The molecule has 266 valence electrons. The van der Waals surface area contributed by atoms with Crippen LogP contribution in [-0.2, 0) is 0 Å². The molecular weight excluding hydrogens is 701 g/mol. The van der Waals surface area contributed by atoms with E-state index in [-0.39, 0.29) is 0 Å². The predicted octanol–water partition coefficient (Wildman–Crippen LogP) is 13.8. The lowest BCUT2D eigenvalue weighted by Crippen LogP contribution is -1.89. The van der Waals surface area contributed by atoms with E-state index in [0.29, 0.717) is 0 Å². The van der Waals surface area contributed by atoms with Gasteiger partial charge in [-0.05, 0) is 83.3 Å². The minimum atomic E-state index is 0.894. The van der Waals surface area contributed by atoms with Crippen LogP contribution in [0.2, 0.25) is 0 Å². The molecule has 2 aliphatic rings. The Kier molecular flexibility index (Phi) is 8.62. The zero-order valence-corrected chi connectivity index (χ0v) is 31.5. The Labute approximate surface area is 330 Å². The second-order valence-corrected chi connectivity index (χ2v) is 15.1. The van der Waals surface area contributed by atoms with Gasteiger partial charge in [0.25, 0.3) is 0 Å². The number of fused-ring (bicyclic) bond motifs is 8. The fraction of sp³-hybridized carbons (Fsp3) is 0.0196. The Morgan fingerprint density at radius 1 is 0.375 bits per heavy atom. The Morgan fingerprint density at radius 3 is 1.23 bits per heavy atom. The summed E-state index contributed by atoms with van der Waals surface area (Å²) in [6.07, 6.45) is 8.63. The van der Waals surface area contributed by atoms with E-state index in [1.54, 1.807) is 11.8 Å².